The first kappa shape index (κ1) is 15.6. The highest BCUT2D eigenvalue weighted by atomic mass is 16.6. The SMILES string of the molecule is CC(Oc1ccc(O)cc1)C(=O)OCC(=O)c1ccccc1. The molecule has 0 fully saturated rings. The van der Waals surface area contributed by atoms with Gasteiger partial charge in [0.15, 0.2) is 18.5 Å². The van der Waals surface area contributed by atoms with E-state index in [0.29, 0.717) is 11.3 Å². The molecule has 0 aliphatic heterocycles. The summed E-state index contributed by atoms with van der Waals surface area (Å²) < 4.78 is 10.3. The highest BCUT2D eigenvalue weighted by Gasteiger charge is 2.18. The minimum absolute atomic E-state index is 0.107. The first-order valence-electron chi connectivity index (χ1n) is 6.77. The molecule has 0 aliphatic rings. The smallest absolute Gasteiger partial charge is 0.347 e. The van der Waals surface area contributed by atoms with Crippen LogP contribution >= 0.6 is 0 Å². The molecular formula is C17H16O5. The lowest BCUT2D eigenvalue weighted by molar-refractivity contribution is -0.149. The van der Waals surface area contributed by atoms with E-state index >= 15 is 0 Å². The number of hydrogen-bond acceptors (Lipinski definition) is 5. The largest absolute Gasteiger partial charge is 0.508 e. The second-order valence-electron chi connectivity index (χ2n) is 4.65. The summed E-state index contributed by atoms with van der Waals surface area (Å²) in [6.45, 7) is 1.20. The van der Waals surface area contributed by atoms with Crippen LogP contribution in [0.2, 0.25) is 0 Å². The van der Waals surface area contributed by atoms with Crippen LogP contribution in [-0.4, -0.2) is 29.6 Å². The van der Waals surface area contributed by atoms with Crippen molar-refractivity contribution in [1.29, 1.82) is 0 Å². The number of aromatic hydroxyl groups is 1. The van der Waals surface area contributed by atoms with Crippen molar-refractivity contribution in [3.05, 3.63) is 60.2 Å². The van der Waals surface area contributed by atoms with Crippen molar-refractivity contribution in [3.8, 4) is 11.5 Å². The summed E-state index contributed by atoms with van der Waals surface area (Å²) in [5.41, 5.74) is 0.488. The summed E-state index contributed by atoms with van der Waals surface area (Å²) in [7, 11) is 0. The lowest BCUT2D eigenvalue weighted by Gasteiger charge is -2.13. The van der Waals surface area contributed by atoms with E-state index in [1.165, 1.54) is 31.2 Å². The second kappa shape index (κ2) is 7.26. The average Bonchev–Trinajstić information content (AvgIpc) is 2.55. The Labute approximate surface area is 128 Å². The van der Waals surface area contributed by atoms with E-state index in [4.69, 9.17) is 14.6 Å². The molecule has 0 amide bonds. The molecule has 0 saturated carbocycles. The lowest BCUT2D eigenvalue weighted by atomic mass is 10.1. The van der Waals surface area contributed by atoms with Crippen LogP contribution in [0.25, 0.3) is 0 Å². The van der Waals surface area contributed by atoms with Gasteiger partial charge in [-0.05, 0) is 31.2 Å². The van der Waals surface area contributed by atoms with Gasteiger partial charge in [0, 0.05) is 5.56 Å². The van der Waals surface area contributed by atoms with Crippen LogP contribution in [0, 0.1) is 0 Å². The number of phenolic OH excluding ortho intramolecular Hbond substituents is 1. The van der Waals surface area contributed by atoms with Gasteiger partial charge in [0.2, 0.25) is 0 Å². The van der Waals surface area contributed by atoms with Crippen LogP contribution in [-0.2, 0) is 9.53 Å². The monoisotopic (exact) mass is 300 g/mol. The maximum absolute atomic E-state index is 11.8. The molecule has 5 nitrogen and oxygen atoms in total. The first-order valence-corrected chi connectivity index (χ1v) is 6.77. The number of hydrogen-bond donors (Lipinski definition) is 1. The normalized spacial score (nSPS) is 11.5. The van der Waals surface area contributed by atoms with Gasteiger partial charge >= 0.3 is 5.97 Å². The number of carbonyl (C=O) groups is 2. The Balaban J connectivity index is 1.84. The van der Waals surface area contributed by atoms with Crippen LogP contribution in [0.4, 0.5) is 0 Å². The fraction of sp³-hybridized carbons (Fsp3) is 0.176. The Bertz CT molecular complexity index is 634. The standard InChI is InChI=1S/C17H16O5/c1-12(22-15-9-7-14(18)8-10-15)17(20)21-11-16(19)13-5-3-2-4-6-13/h2-10,12,18H,11H2,1H3. The molecule has 0 saturated heterocycles. The number of phenols is 1. The lowest BCUT2D eigenvalue weighted by Crippen LogP contribution is -2.28. The summed E-state index contributed by atoms with van der Waals surface area (Å²) in [6.07, 6.45) is -0.854. The molecule has 5 heteroatoms. The Morgan fingerprint density at radius 1 is 1.05 bits per heavy atom. The van der Waals surface area contributed by atoms with Gasteiger partial charge in [-0.25, -0.2) is 4.79 Å². The van der Waals surface area contributed by atoms with Gasteiger partial charge in [-0.1, -0.05) is 30.3 Å². The van der Waals surface area contributed by atoms with E-state index in [0.717, 1.165) is 0 Å². The van der Waals surface area contributed by atoms with E-state index in [-0.39, 0.29) is 18.1 Å². The van der Waals surface area contributed by atoms with E-state index in [1.807, 2.05) is 0 Å². The molecule has 2 rings (SSSR count). The van der Waals surface area contributed by atoms with E-state index in [1.54, 1.807) is 30.3 Å². The molecule has 2 aromatic carbocycles. The van der Waals surface area contributed by atoms with Crippen molar-refractivity contribution in [3.63, 3.8) is 0 Å². The predicted molar refractivity (Wildman–Crippen MR) is 79.9 cm³/mol. The van der Waals surface area contributed by atoms with Crippen molar-refractivity contribution >= 4 is 11.8 Å². The van der Waals surface area contributed by atoms with Gasteiger partial charge in [-0.3, -0.25) is 4.79 Å². The van der Waals surface area contributed by atoms with Gasteiger partial charge < -0.3 is 14.6 Å². The number of ether oxygens (including phenoxy) is 2. The third-order valence-corrected chi connectivity index (χ3v) is 2.92. The van der Waals surface area contributed by atoms with Crippen molar-refractivity contribution in [2.24, 2.45) is 0 Å². The minimum atomic E-state index is -0.854. The predicted octanol–water partition coefficient (Wildman–Crippen LogP) is 2.59. The van der Waals surface area contributed by atoms with Crippen molar-refractivity contribution < 1.29 is 24.2 Å². The Morgan fingerprint density at radius 2 is 1.68 bits per heavy atom. The third-order valence-electron chi connectivity index (χ3n) is 2.92. The van der Waals surface area contributed by atoms with Crippen LogP contribution in [0.3, 0.4) is 0 Å². The fourth-order valence-corrected chi connectivity index (χ4v) is 1.74. The Hall–Kier alpha value is -2.82. The van der Waals surface area contributed by atoms with Gasteiger partial charge in [0.25, 0.3) is 0 Å². The molecule has 22 heavy (non-hydrogen) atoms. The van der Waals surface area contributed by atoms with Gasteiger partial charge in [-0.15, -0.1) is 0 Å². The van der Waals surface area contributed by atoms with E-state index in [9.17, 15) is 9.59 Å². The maximum Gasteiger partial charge on any atom is 0.347 e. The van der Waals surface area contributed by atoms with Crippen LogP contribution < -0.4 is 4.74 Å². The van der Waals surface area contributed by atoms with Crippen LogP contribution in [0.15, 0.2) is 54.6 Å². The summed E-state index contributed by atoms with van der Waals surface area (Å²) in [6, 6.07) is 14.6. The minimum Gasteiger partial charge on any atom is -0.508 e. The number of carbonyl (C=O) groups excluding carboxylic acids is 2. The highest BCUT2D eigenvalue weighted by molar-refractivity contribution is 5.98. The summed E-state index contributed by atoms with van der Waals surface area (Å²) >= 11 is 0. The molecule has 1 N–H and O–H groups in total. The number of benzene rings is 2. The molecule has 0 aliphatic carbocycles. The Kier molecular flexibility index (Phi) is 5.14. The van der Waals surface area contributed by atoms with Crippen LogP contribution in [0.5, 0.6) is 11.5 Å². The molecule has 0 bridgehead atoms. The summed E-state index contributed by atoms with van der Waals surface area (Å²) in [4.78, 5) is 23.6. The Morgan fingerprint density at radius 3 is 2.32 bits per heavy atom. The summed E-state index contributed by atoms with van der Waals surface area (Å²) in [5.74, 6) is -0.365. The summed E-state index contributed by atoms with van der Waals surface area (Å²) in [5, 5.41) is 9.17. The first-order chi connectivity index (χ1) is 10.6. The van der Waals surface area contributed by atoms with E-state index in [2.05, 4.69) is 0 Å². The quantitative estimate of drug-likeness (QED) is 0.655. The molecule has 2 aromatic rings. The molecule has 1 unspecified atom stereocenters. The number of ketones is 1. The zero-order chi connectivity index (χ0) is 15.9. The molecule has 0 spiro atoms. The zero-order valence-electron chi connectivity index (χ0n) is 12.1. The fourth-order valence-electron chi connectivity index (χ4n) is 1.74. The number of Topliss-reactive ketones (excluding diaryl/α,β-unsaturated/α-hetero) is 1. The third kappa shape index (κ3) is 4.34. The molecule has 114 valence electrons. The zero-order valence-corrected chi connectivity index (χ0v) is 12.1. The van der Waals surface area contributed by atoms with Gasteiger partial charge in [-0.2, -0.15) is 0 Å². The van der Waals surface area contributed by atoms with Crippen LogP contribution in [0.1, 0.15) is 17.3 Å². The van der Waals surface area contributed by atoms with Gasteiger partial charge in [0.05, 0.1) is 0 Å². The second-order valence-corrected chi connectivity index (χ2v) is 4.65. The molecule has 1 atom stereocenters. The van der Waals surface area contributed by atoms with E-state index < -0.39 is 12.1 Å². The van der Waals surface area contributed by atoms with Crippen molar-refractivity contribution in [2.75, 3.05) is 6.61 Å². The maximum atomic E-state index is 11.8. The van der Waals surface area contributed by atoms with Crippen molar-refractivity contribution in [1.82, 2.24) is 0 Å². The van der Waals surface area contributed by atoms with Crippen molar-refractivity contribution in [2.45, 2.75) is 13.0 Å². The molecule has 0 heterocycles. The van der Waals surface area contributed by atoms with Gasteiger partial charge in [0.1, 0.15) is 11.5 Å². The number of rotatable bonds is 6. The number of esters is 1. The topological polar surface area (TPSA) is 72.8 Å². The molecule has 0 radical (unpaired) electrons. The molecular weight excluding hydrogens is 284 g/mol. The average molecular weight is 300 g/mol. The molecule has 0 aromatic heterocycles. The highest BCUT2D eigenvalue weighted by Crippen LogP contribution is 2.17.